The molecule has 0 aromatic heterocycles. The second-order valence-corrected chi connectivity index (χ2v) is 5.32. The third-order valence-electron chi connectivity index (χ3n) is 3.68. The zero-order valence-electron chi connectivity index (χ0n) is 11.5. The molecule has 0 amide bonds. The summed E-state index contributed by atoms with van der Waals surface area (Å²) < 4.78 is 59.2. The lowest BCUT2D eigenvalue weighted by Crippen LogP contribution is -2.21. The van der Waals surface area contributed by atoms with Crippen LogP contribution in [0, 0.1) is 18.6 Å². The van der Waals surface area contributed by atoms with E-state index in [1.165, 1.54) is 12.1 Å². The van der Waals surface area contributed by atoms with E-state index < -0.39 is 30.1 Å². The van der Waals surface area contributed by atoms with Gasteiger partial charge in [-0.05, 0) is 24.1 Å². The lowest BCUT2D eigenvalue weighted by Gasteiger charge is -2.14. The second kappa shape index (κ2) is 4.98. The monoisotopic (exact) mass is 312 g/mol. The van der Waals surface area contributed by atoms with Crippen LogP contribution in [-0.4, -0.2) is 11.0 Å². The van der Waals surface area contributed by atoms with Crippen molar-refractivity contribution in [1.29, 1.82) is 0 Å². The Morgan fingerprint density at radius 2 is 1.77 bits per heavy atom. The molecule has 1 aliphatic rings. The van der Waals surface area contributed by atoms with Gasteiger partial charge in [-0.3, -0.25) is 0 Å². The van der Waals surface area contributed by atoms with Gasteiger partial charge in [0.25, 0.3) is 5.92 Å². The zero-order valence-corrected chi connectivity index (χ0v) is 11.5. The molecule has 2 nitrogen and oxygen atoms in total. The largest absolute Gasteiger partial charge is 0.457 e. The molecule has 1 atom stereocenters. The number of aliphatic hydroxyl groups is 1. The average Bonchev–Trinajstić information content (AvgIpc) is 2.64. The van der Waals surface area contributed by atoms with E-state index in [2.05, 4.69) is 0 Å². The maximum atomic E-state index is 13.7. The van der Waals surface area contributed by atoms with Crippen LogP contribution in [0.5, 0.6) is 11.5 Å². The summed E-state index contributed by atoms with van der Waals surface area (Å²) in [6.45, 7) is 1.61. The summed E-state index contributed by atoms with van der Waals surface area (Å²) in [7, 11) is 0. The molecule has 0 aliphatic heterocycles. The number of hydrogen-bond donors (Lipinski definition) is 1. The number of aryl methyl sites for hydroxylation is 1. The number of rotatable bonds is 2. The van der Waals surface area contributed by atoms with E-state index in [4.69, 9.17) is 4.74 Å². The number of benzene rings is 2. The molecule has 1 aliphatic carbocycles. The van der Waals surface area contributed by atoms with Crippen LogP contribution in [-0.2, 0) is 6.42 Å². The summed E-state index contributed by atoms with van der Waals surface area (Å²) in [6, 6.07) is 5.57. The van der Waals surface area contributed by atoms with E-state index >= 15 is 0 Å². The van der Waals surface area contributed by atoms with Crippen molar-refractivity contribution >= 4 is 0 Å². The first-order chi connectivity index (χ1) is 10.3. The van der Waals surface area contributed by atoms with Crippen LogP contribution in [0.4, 0.5) is 17.6 Å². The fraction of sp³-hybridized carbons (Fsp3) is 0.250. The Kier molecular flexibility index (Phi) is 3.36. The lowest BCUT2D eigenvalue weighted by atomic mass is 10.0. The summed E-state index contributed by atoms with van der Waals surface area (Å²) >= 11 is 0. The van der Waals surface area contributed by atoms with Crippen molar-refractivity contribution in [2.75, 3.05) is 0 Å². The van der Waals surface area contributed by atoms with Gasteiger partial charge in [0, 0.05) is 30.2 Å². The molecule has 0 saturated carbocycles. The Hall–Kier alpha value is -2.08. The van der Waals surface area contributed by atoms with Crippen LogP contribution in [0.1, 0.15) is 22.8 Å². The Bertz CT molecular complexity index is 723. The van der Waals surface area contributed by atoms with Crippen molar-refractivity contribution in [1.82, 2.24) is 0 Å². The first kappa shape index (κ1) is 14.8. The summed E-state index contributed by atoms with van der Waals surface area (Å²) in [5.74, 6) is -5.02. The predicted octanol–water partition coefficient (Wildman–Crippen LogP) is 4.29. The summed E-state index contributed by atoms with van der Waals surface area (Å²) in [5, 5.41) is 9.74. The van der Waals surface area contributed by atoms with Crippen LogP contribution in [0.2, 0.25) is 0 Å². The minimum absolute atomic E-state index is 0.0572. The predicted molar refractivity (Wildman–Crippen MR) is 71.2 cm³/mol. The Labute approximate surface area is 124 Å². The maximum Gasteiger partial charge on any atom is 0.281 e. The Balaban J connectivity index is 2.04. The highest BCUT2D eigenvalue weighted by Gasteiger charge is 2.48. The highest BCUT2D eigenvalue weighted by molar-refractivity contribution is 5.52. The van der Waals surface area contributed by atoms with Gasteiger partial charge in [-0.1, -0.05) is 6.07 Å². The van der Waals surface area contributed by atoms with Crippen LogP contribution in [0.15, 0.2) is 30.3 Å². The van der Waals surface area contributed by atoms with Crippen molar-refractivity contribution in [3.63, 3.8) is 0 Å². The molecule has 0 saturated heterocycles. The van der Waals surface area contributed by atoms with Gasteiger partial charge in [-0.15, -0.1) is 0 Å². The van der Waals surface area contributed by atoms with Crippen LogP contribution >= 0.6 is 0 Å². The molecule has 2 aromatic carbocycles. The molecular formula is C16H12F4O2. The van der Waals surface area contributed by atoms with Crippen molar-refractivity contribution in [3.05, 3.63) is 58.7 Å². The molecule has 6 heteroatoms. The normalized spacial score (nSPS) is 19.1. The highest BCUT2D eigenvalue weighted by atomic mass is 19.3. The average molecular weight is 312 g/mol. The van der Waals surface area contributed by atoms with Gasteiger partial charge >= 0.3 is 0 Å². The number of fused-ring (bicyclic) bond motifs is 1. The number of ether oxygens (including phenoxy) is 1. The standard InChI is InChI=1S/C16H12F4O2/c1-8-2-3-13(12-7-16(19,20)15(21)14(8)12)22-11-5-9(17)4-10(18)6-11/h2-6,15,21H,7H2,1H3. The molecule has 0 spiro atoms. The van der Waals surface area contributed by atoms with Gasteiger partial charge in [0.05, 0.1) is 0 Å². The van der Waals surface area contributed by atoms with Gasteiger partial charge in [0.2, 0.25) is 0 Å². The molecule has 1 unspecified atom stereocenters. The summed E-state index contributed by atoms with van der Waals surface area (Å²) in [6.07, 6.45) is -2.59. The minimum atomic E-state index is -3.29. The van der Waals surface area contributed by atoms with Crippen LogP contribution in [0.25, 0.3) is 0 Å². The minimum Gasteiger partial charge on any atom is -0.457 e. The van der Waals surface area contributed by atoms with E-state index in [0.29, 0.717) is 11.6 Å². The zero-order chi connectivity index (χ0) is 16.1. The van der Waals surface area contributed by atoms with Crippen molar-refractivity contribution in [3.8, 4) is 11.5 Å². The molecule has 0 bridgehead atoms. The van der Waals surface area contributed by atoms with E-state index in [1.54, 1.807) is 6.92 Å². The Morgan fingerprint density at radius 3 is 2.41 bits per heavy atom. The summed E-state index contributed by atoms with van der Waals surface area (Å²) in [5.41, 5.74) is 0.777. The second-order valence-electron chi connectivity index (χ2n) is 5.32. The molecule has 3 rings (SSSR count). The molecule has 116 valence electrons. The van der Waals surface area contributed by atoms with Crippen LogP contribution < -0.4 is 4.74 Å². The first-order valence-corrected chi connectivity index (χ1v) is 6.60. The van der Waals surface area contributed by atoms with Gasteiger partial charge in [0.15, 0.2) is 0 Å². The molecule has 0 radical (unpaired) electrons. The highest BCUT2D eigenvalue weighted by Crippen LogP contribution is 2.48. The van der Waals surface area contributed by atoms with E-state index in [0.717, 1.165) is 12.1 Å². The third kappa shape index (κ3) is 2.43. The van der Waals surface area contributed by atoms with E-state index in [9.17, 15) is 22.7 Å². The lowest BCUT2D eigenvalue weighted by molar-refractivity contribution is -0.0970. The van der Waals surface area contributed by atoms with Gasteiger partial charge in [-0.25, -0.2) is 17.6 Å². The quantitative estimate of drug-likeness (QED) is 0.838. The molecular weight excluding hydrogens is 300 g/mol. The van der Waals surface area contributed by atoms with E-state index in [1.807, 2.05) is 0 Å². The first-order valence-electron chi connectivity index (χ1n) is 6.60. The van der Waals surface area contributed by atoms with E-state index in [-0.39, 0.29) is 22.6 Å². The topological polar surface area (TPSA) is 29.5 Å². The number of hydrogen-bond acceptors (Lipinski definition) is 2. The third-order valence-corrected chi connectivity index (χ3v) is 3.68. The molecule has 22 heavy (non-hydrogen) atoms. The van der Waals surface area contributed by atoms with Gasteiger partial charge in [0.1, 0.15) is 29.2 Å². The van der Waals surface area contributed by atoms with Crippen LogP contribution in [0.3, 0.4) is 0 Å². The molecule has 1 N–H and O–H groups in total. The summed E-state index contributed by atoms with van der Waals surface area (Å²) in [4.78, 5) is 0. The fourth-order valence-corrected chi connectivity index (χ4v) is 2.68. The van der Waals surface area contributed by atoms with Crippen molar-refractivity contribution in [2.45, 2.75) is 25.4 Å². The van der Waals surface area contributed by atoms with Crippen molar-refractivity contribution in [2.24, 2.45) is 0 Å². The SMILES string of the molecule is Cc1ccc(Oc2cc(F)cc(F)c2)c2c1C(O)C(F)(F)C2. The number of halogens is 4. The fourth-order valence-electron chi connectivity index (χ4n) is 2.68. The van der Waals surface area contributed by atoms with Gasteiger partial charge in [-0.2, -0.15) is 0 Å². The maximum absolute atomic E-state index is 13.7. The smallest absolute Gasteiger partial charge is 0.281 e. The Morgan fingerprint density at radius 1 is 1.14 bits per heavy atom. The molecule has 2 aromatic rings. The molecule has 0 heterocycles. The number of alkyl halides is 2. The van der Waals surface area contributed by atoms with Crippen molar-refractivity contribution < 1.29 is 27.4 Å². The van der Waals surface area contributed by atoms with Gasteiger partial charge < -0.3 is 9.84 Å². The number of aliphatic hydroxyl groups excluding tert-OH is 1. The molecule has 0 fully saturated rings.